The molecule has 0 amide bonds. The van der Waals surface area contributed by atoms with Gasteiger partial charge in [0, 0.05) is 19.3 Å². The molecule has 1 aromatic rings. The molecule has 1 N–H and O–H groups in total. The van der Waals surface area contributed by atoms with E-state index in [1.165, 1.54) is 24.8 Å². The SMILES string of the molecule is CCNC(Cc1cnn(C)c1)C1C2CCCC21. The van der Waals surface area contributed by atoms with Gasteiger partial charge >= 0.3 is 0 Å². The molecule has 2 aliphatic rings. The number of aromatic nitrogens is 2. The maximum absolute atomic E-state index is 4.27. The van der Waals surface area contributed by atoms with Gasteiger partial charge in [0.2, 0.25) is 0 Å². The van der Waals surface area contributed by atoms with E-state index in [0.29, 0.717) is 6.04 Å². The lowest BCUT2D eigenvalue weighted by Crippen LogP contribution is -2.34. The van der Waals surface area contributed by atoms with Crippen LogP contribution in [0, 0.1) is 17.8 Å². The van der Waals surface area contributed by atoms with Crippen LogP contribution >= 0.6 is 0 Å². The van der Waals surface area contributed by atoms with Crippen LogP contribution in [0.1, 0.15) is 31.7 Å². The third kappa shape index (κ3) is 2.13. The Morgan fingerprint density at radius 3 is 2.82 bits per heavy atom. The fraction of sp³-hybridized carbons (Fsp3) is 0.786. The van der Waals surface area contributed by atoms with Crippen molar-refractivity contribution in [2.24, 2.45) is 24.8 Å². The number of hydrogen-bond donors (Lipinski definition) is 1. The largest absolute Gasteiger partial charge is 0.314 e. The van der Waals surface area contributed by atoms with E-state index in [-0.39, 0.29) is 0 Å². The predicted octanol–water partition coefficient (Wildman–Crippen LogP) is 1.99. The monoisotopic (exact) mass is 233 g/mol. The van der Waals surface area contributed by atoms with E-state index in [2.05, 4.69) is 23.5 Å². The summed E-state index contributed by atoms with van der Waals surface area (Å²) in [6.07, 6.45) is 9.75. The number of nitrogens with one attached hydrogen (secondary N) is 1. The molecule has 2 aliphatic carbocycles. The van der Waals surface area contributed by atoms with Crippen LogP contribution in [-0.2, 0) is 13.5 Å². The second-order valence-electron chi connectivity index (χ2n) is 5.73. The maximum atomic E-state index is 4.27. The molecule has 3 atom stereocenters. The zero-order chi connectivity index (χ0) is 11.8. The van der Waals surface area contributed by atoms with E-state index in [9.17, 15) is 0 Å². The van der Waals surface area contributed by atoms with Gasteiger partial charge in [-0.1, -0.05) is 13.3 Å². The molecule has 2 saturated carbocycles. The number of likely N-dealkylation sites (N-methyl/N-ethyl adjacent to an activating group) is 1. The van der Waals surface area contributed by atoms with Gasteiger partial charge in [0.25, 0.3) is 0 Å². The van der Waals surface area contributed by atoms with Gasteiger partial charge in [-0.2, -0.15) is 5.10 Å². The van der Waals surface area contributed by atoms with Crippen molar-refractivity contribution in [3.05, 3.63) is 18.0 Å². The highest BCUT2D eigenvalue weighted by atomic mass is 15.2. The topological polar surface area (TPSA) is 29.9 Å². The first kappa shape index (κ1) is 11.3. The van der Waals surface area contributed by atoms with Crippen molar-refractivity contribution >= 4 is 0 Å². The van der Waals surface area contributed by atoms with Crippen molar-refractivity contribution in [3.8, 4) is 0 Å². The van der Waals surface area contributed by atoms with Gasteiger partial charge in [0.05, 0.1) is 6.20 Å². The highest BCUT2D eigenvalue weighted by Crippen LogP contribution is 2.59. The van der Waals surface area contributed by atoms with E-state index in [0.717, 1.165) is 30.7 Å². The molecule has 0 spiro atoms. The fourth-order valence-electron chi connectivity index (χ4n) is 3.91. The molecule has 3 heteroatoms. The molecule has 94 valence electrons. The van der Waals surface area contributed by atoms with Crippen LogP contribution in [-0.4, -0.2) is 22.4 Å². The zero-order valence-corrected chi connectivity index (χ0v) is 10.9. The highest BCUT2D eigenvalue weighted by Gasteiger charge is 2.55. The third-order valence-corrected chi connectivity index (χ3v) is 4.62. The van der Waals surface area contributed by atoms with Crippen LogP contribution in [0.2, 0.25) is 0 Å². The summed E-state index contributed by atoms with van der Waals surface area (Å²) in [5.74, 6) is 3.02. The molecule has 2 fully saturated rings. The Labute approximate surface area is 104 Å². The summed E-state index contributed by atoms with van der Waals surface area (Å²) in [5, 5.41) is 7.96. The Hall–Kier alpha value is -0.830. The summed E-state index contributed by atoms with van der Waals surface area (Å²) in [6, 6.07) is 0.680. The molecule has 3 unspecified atom stereocenters. The van der Waals surface area contributed by atoms with Crippen molar-refractivity contribution in [3.63, 3.8) is 0 Å². The van der Waals surface area contributed by atoms with Crippen molar-refractivity contribution < 1.29 is 0 Å². The maximum Gasteiger partial charge on any atom is 0.0522 e. The first-order valence-electron chi connectivity index (χ1n) is 7.00. The molecule has 0 aromatic carbocycles. The minimum absolute atomic E-state index is 0.680. The van der Waals surface area contributed by atoms with Gasteiger partial charge in [-0.15, -0.1) is 0 Å². The Morgan fingerprint density at radius 1 is 1.47 bits per heavy atom. The molecule has 0 radical (unpaired) electrons. The predicted molar refractivity (Wildman–Crippen MR) is 68.7 cm³/mol. The van der Waals surface area contributed by atoms with E-state index < -0.39 is 0 Å². The van der Waals surface area contributed by atoms with E-state index in [4.69, 9.17) is 0 Å². The van der Waals surface area contributed by atoms with E-state index in [1.807, 2.05) is 17.9 Å². The second-order valence-corrected chi connectivity index (χ2v) is 5.73. The summed E-state index contributed by atoms with van der Waals surface area (Å²) in [5.41, 5.74) is 1.38. The van der Waals surface area contributed by atoms with Crippen molar-refractivity contribution in [1.82, 2.24) is 15.1 Å². The van der Waals surface area contributed by atoms with Crippen LogP contribution in [0.5, 0.6) is 0 Å². The Morgan fingerprint density at radius 2 is 2.24 bits per heavy atom. The van der Waals surface area contributed by atoms with E-state index in [1.54, 1.807) is 0 Å². The number of aryl methyl sites for hydroxylation is 1. The fourth-order valence-corrected chi connectivity index (χ4v) is 3.91. The van der Waals surface area contributed by atoms with Crippen LogP contribution in [0.3, 0.4) is 0 Å². The lowest BCUT2D eigenvalue weighted by atomic mass is 9.98. The van der Waals surface area contributed by atoms with Gasteiger partial charge in [-0.3, -0.25) is 4.68 Å². The summed E-state index contributed by atoms with van der Waals surface area (Å²) in [4.78, 5) is 0. The molecule has 1 aromatic heterocycles. The minimum atomic E-state index is 0.680. The van der Waals surface area contributed by atoms with Crippen molar-refractivity contribution in [2.75, 3.05) is 6.54 Å². The highest BCUT2D eigenvalue weighted by molar-refractivity contribution is 5.12. The molecule has 0 aliphatic heterocycles. The summed E-state index contributed by atoms with van der Waals surface area (Å²) in [7, 11) is 2.00. The van der Waals surface area contributed by atoms with Gasteiger partial charge < -0.3 is 5.32 Å². The lowest BCUT2D eigenvalue weighted by molar-refractivity contribution is 0.411. The molecule has 17 heavy (non-hydrogen) atoms. The summed E-state index contributed by atoms with van der Waals surface area (Å²) in [6.45, 7) is 3.30. The van der Waals surface area contributed by atoms with Crippen LogP contribution in [0.15, 0.2) is 12.4 Å². The quantitative estimate of drug-likeness (QED) is 0.843. The molecule has 1 heterocycles. The molecule has 3 rings (SSSR count). The first-order valence-corrected chi connectivity index (χ1v) is 7.00. The Kier molecular flexibility index (Phi) is 2.95. The Balaban J connectivity index is 1.64. The van der Waals surface area contributed by atoms with Crippen LogP contribution in [0.4, 0.5) is 0 Å². The van der Waals surface area contributed by atoms with Crippen molar-refractivity contribution in [1.29, 1.82) is 0 Å². The van der Waals surface area contributed by atoms with Crippen LogP contribution in [0.25, 0.3) is 0 Å². The smallest absolute Gasteiger partial charge is 0.0522 e. The molecule has 3 nitrogen and oxygen atoms in total. The average Bonchev–Trinajstić information content (AvgIpc) is 2.67. The standard InChI is InChI=1S/C14H23N3/c1-3-15-13(7-10-8-16-17(2)9-10)14-11-5-4-6-12(11)14/h8-9,11-15H,3-7H2,1-2H3. The number of hydrogen-bond acceptors (Lipinski definition) is 2. The normalized spacial score (nSPS) is 32.5. The first-order chi connectivity index (χ1) is 8.29. The Bertz CT molecular complexity index is 375. The molecule has 0 bridgehead atoms. The third-order valence-electron chi connectivity index (χ3n) is 4.62. The second kappa shape index (κ2) is 4.45. The number of fused-ring (bicyclic) bond motifs is 1. The van der Waals surface area contributed by atoms with Gasteiger partial charge in [-0.25, -0.2) is 0 Å². The average molecular weight is 233 g/mol. The zero-order valence-electron chi connectivity index (χ0n) is 10.9. The minimum Gasteiger partial charge on any atom is -0.314 e. The van der Waals surface area contributed by atoms with E-state index >= 15 is 0 Å². The molecular formula is C14H23N3. The van der Waals surface area contributed by atoms with Gasteiger partial charge in [0.15, 0.2) is 0 Å². The van der Waals surface area contributed by atoms with Gasteiger partial charge in [-0.05, 0) is 49.1 Å². The molecule has 0 saturated heterocycles. The lowest BCUT2D eigenvalue weighted by Gasteiger charge is -2.19. The summed E-state index contributed by atoms with van der Waals surface area (Å²) < 4.78 is 1.91. The van der Waals surface area contributed by atoms with Crippen molar-refractivity contribution in [2.45, 2.75) is 38.6 Å². The summed E-state index contributed by atoms with van der Waals surface area (Å²) >= 11 is 0. The van der Waals surface area contributed by atoms with Crippen LogP contribution < -0.4 is 5.32 Å². The van der Waals surface area contributed by atoms with Gasteiger partial charge in [0.1, 0.15) is 0 Å². The number of rotatable bonds is 5. The molecular weight excluding hydrogens is 210 g/mol. The number of nitrogens with zero attached hydrogens (tertiary/aromatic N) is 2.